The highest BCUT2D eigenvalue weighted by Gasteiger charge is 2.37. The normalized spacial score (nSPS) is 20.7. The van der Waals surface area contributed by atoms with Gasteiger partial charge < -0.3 is 10.0 Å². The van der Waals surface area contributed by atoms with Crippen LogP contribution in [0.15, 0.2) is 48.7 Å². The molecule has 1 atom stereocenters. The number of likely N-dealkylation sites (N-methyl/N-ethyl adjacent to an activating group) is 1. The summed E-state index contributed by atoms with van der Waals surface area (Å²) in [7, 11) is 3.56. The van der Waals surface area contributed by atoms with E-state index in [2.05, 4.69) is 22.1 Å². The number of likely N-dealkylation sites (tertiary alicyclic amines) is 1. The number of hydrogen-bond acceptors (Lipinski definition) is 4. The Hall–Kier alpha value is -2.44. The standard InChI is InChI=1S/C20H26N4O2/c1-22(19(25)9-8-18-10-12-21-23(18)2)15-20(26)11-13-24(16-20)14-17-6-4-3-5-7-17/h3-10,12,26H,11,13-16H2,1-2H3/b9-8+. The Kier molecular flexibility index (Phi) is 5.54. The zero-order chi connectivity index (χ0) is 18.6. The Morgan fingerprint density at radius 1 is 1.35 bits per heavy atom. The number of nitrogens with zero attached hydrogens (tertiary/aromatic N) is 4. The molecule has 26 heavy (non-hydrogen) atoms. The molecule has 2 heterocycles. The maximum Gasteiger partial charge on any atom is 0.246 e. The third-order valence-corrected chi connectivity index (χ3v) is 4.82. The first-order valence-electron chi connectivity index (χ1n) is 8.85. The highest BCUT2D eigenvalue weighted by Crippen LogP contribution is 2.24. The van der Waals surface area contributed by atoms with Gasteiger partial charge in [0.25, 0.3) is 0 Å². The quantitative estimate of drug-likeness (QED) is 0.799. The molecule has 3 rings (SSSR count). The van der Waals surface area contributed by atoms with Crippen LogP contribution in [-0.4, -0.2) is 62.9 Å². The lowest BCUT2D eigenvalue weighted by atomic mass is 10.0. The van der Waals surface area contributed by atoms with E-state index in [1.807, 2.05) is 31.3 Å². The first-order valence-corrected chi connectivity index (χ1v) is 8.85. The molecule has 1 unspecified atom stereocenters. The molecule has 1 saturated heterocycles. The van der Waals surface area contributed by atoms with E-state index in [9.17, 15) is 9.90 Å². The van der Waals surface area contributed by atoms with E-state index in [-0.39, 0.29) is 5.91 Å². The van der Waals surface area contributed by atoms with Crippen LogP contribution in [0, 0.1) is 0 Å². The average Bonchev–Trinajstić information content (AvgIpc) is 3.19. The van der Waals surface area contributed by atoms with Crippen molar-refractivity contribution < 1.29 is 9.90 Å². The van der Waals surface area contributed by atoms with Crippen LogP contribution in [0.1, 0.15) is 17.7 Å². The van der Waals surface area contributed by atoms with Crippen molar-refractivity contribution in [3.63, 3.8) is 0 Å². The summed E-state index contributed by atoms with van der Waals surface area (Å²) >= 11 is 0. The summed E-state index contributed by atoms with van der Waals surface area (Å²) in [4.78, 5) is 16.2. The second-order valence-corrected chi connectivity index (χ2v) is 7.08. The van der Waals surface area contributed by atoms with E-state index < -0.39 is 5.60 Å². The summed E-state index contributed by atoms with van der Waals surface area (Å²) in [6.45, 7) is 2.55. The molecule has 1 aliphatic heterocycles. The first-order chi connectivity index (χ1) is 12.5. The number of aliphatic hydroxyl groups is 1. The summed E-state index contributed by atoms with van der Waals surface area (Å²) in [5.74, 6) is -0.124. The molecule has 1 aromatic carbocycles. The lowest BCUT2D eigenvalue weighted by Gasteiger charge is -2.28. The Morgan fingerprint density at radius 2 is 2.12 bits per heavy atom. The molecule has 1 N–H and O–H groups in total. The fourth-order valence-corrected chi connectivity index (χ4v) is 3.40. The smallest absolute Gasteiger partial charge is 0.246 e. The van der Waals surface area contributed by atoms with Gasteiger partial charge in [-0.25, -0.2) is 0 Å². The van der Waals surface area contributed by atoms with Crippen molar-refractivity contribution in [2.24, 2.45) is 7.05 Å². The number of aromatic nitrogens is 2. The maximum atomic E-state index is 12.3. The minimum Gasteiger partial charge on any atom is -0.387 e. The molecule has 2 aromatic rings. The lowest BCUT2D eigenvalue weighted by Crippen LogP contribution is -2.45. The number of benzene rings is 1. The van der Waals surface area contributed by atoms with E-state index in [1.54, 1.807) is 28.9 Å². The van der Waals surface area contributed by atoms with Crippen molar-refractivity contribution in [1.29, 1.82) is 0 Å². The number of amides is 1. The van der Waals surface area contributed by atoms with E-state index in [0.717, 1.165) is 18.8 Å². The van der Waals surface area contributed by atoms with Crippen LogP contribution in [0.5, 0.6) is 0 Å². The van der Waals surface area contributed by atoms with Gasteiger partial charge in [-0.1, -0.05) is 30.3 Å². The molecular weight excluding hydrogens is 328 g/mol. The summed E-state index contributed by atoms with van der Waals surface area (Å²) in [6.07, 6.45) is 5.63. The van der Waals surface area contributed by atoms with Gasteiger partial charge in [-0.15, -0.1) is 0 Å². The minimum atomic E-state index is -0.862. The largest absolute Gasteiger partial charge is 0.387 e. The van der Waals surface area contributed by atoms with Crippen molar-refractivity contribution in [3.8, 4) is 0 Å². The predicted octanol–water partition coefficient (Wildman–Crippen LogP) is 1.53. The molecule has 1 aliphatic rings. The van der Waals surface area contributed by atoms with Crippen molar-refractivity contribution in [1.82, 2.24) is 19.6 Å². The van der Waals surface area contributed by atoms with E-state index in [0.29, 0.717) is 19.5 Å². The monoisotopic (exact) mass is 354 g/mol. The molecule has 6 nitrogen and oxygen atoms in total. The fraction of sp³-hybridized carbons (Fsp3) is 0.400. The van der Waals surface area contributed by atoms with Gasteiger partial charge in [-0.05, 0) is 24.1 Å². The number of hydrogen-bond donors (Lipinski definition) is 1. The average molecular weight is 354 g/mol. The van der Waals surface area contributed by atoms with Crippen LogP contribution in [-0.2, 0) is 18.4 Å². The molecule has 138 valence electrons. The van der Waals surface area contributed by atoms with Gasteiger partial charge in [0.15, 0.2) is 0 Å². The minimum absolute atomic E-state index is 0.124. The van der Waals surface area contributed by atoms with Gasteiger partial charge in [0, 0.05) is 46.0 Å². The van der Waals surface area contributed by atoms with E-state index >= 15 is 0 Å². The van der Waals surface area contributed by atoms with Crippen LogP contribution in [0.2, 0.25) is 0 Å². The molecule has 0 bridgehead atoms. The van der Waals surface area contributed by atoms with Crippen LogP contribution in [0.25, 0.3) is 6.08 Å². The molecule has 0 radical (unpaired) electrons. The third kappa shape index (κ3) is 4.59. The number of β-amino-alcohol motifs (C(OH)–C–C–N with tert-alkyl or cyclic N) is 1. The first kappa shape index (κ1) is 18.4. The van der Waals surface area contributed by atoms with Crippen LogP contribution < -0.4 is 0 Å². The number of rotatable bonds is 6. The zero-order valence-electron chi connectivity index (χ0n) is 15.4. The molecule has 1 amide bonds. The second kappa shape index (κ2) is 7.85. The van der Waals surface area contributed by atoms with Crippen LogP contribution in [0.3, 0.4) is 0 Å². The number of carbonyl (C=O) groups is 1. The highest BCUT2D eigenvalue weighted by molar-refractivity contribution is 5.91. The van der Waals surface area contributed by atoms with Crippen molar-refractivity contribution in [2.75, 3.05) is 26.7 Å². The number of carbonyl (C=O) groups excluding carboxylic acids is 1. The van der Waals surface area contributed by atoms with Crippen LogP contribution >= 0.6 is 0 Å². The van der Waals surface area contributed by atoms with Gasteiger partial charge in [0.2, 0.25) is 5.91 Å². The summed E-state index contributed by atoms with van der Waals surface area (Å²) in [5, 5.41) is 15.0. The van der Waals surface area contributed by atoms with Crippen molar-refractivity contribution >= 4 is 12.0 Å². The molecule has 0 aliphatic carbocycles. The van der Waals surface area contributed by atoms with Gasteiger partial charge in [-0.3, -0.25) is 14.4 Å². The van der Waals surface area contributed by atoms with Crippen molar-refractivity contribution in [3.05, 3.63) is 59.9 Å². The lowest BCUT2D eigenvalue weighted by molar-refractivity contribution is -0.127. The molecule has 0 saturated carbocycles. The number of aryl methyl sites for hydroxylation is 1. The maximum absolute atomic E-state index is 12.3. The molecule has 1 fully saturated rings. The fourth-order valence-electron chi connectivity index (χ4n) is 3.40. The molecule has 0 spiro atoms. The van der Waals surface area contributed by atoms with Crippen LogP contribution in [0.4, 0.5) is 0 Å². The second-order valence-electron chi connectivity index (χ2n) is 7.08. The van der Waals surface area contributed by atoms with Crippen molar-refractivity contribution in [2.45, 2.75) is 18.6 Å². The Balaban J connectivity index is 1.53. The molecule has 6 heteroatoms. The van der Waals surface area contributed by atoms with Gasteiger partial charge in [0.1, 0.15) is 0 Å². The molecule has 1 aromatic heterocycles. The summed E-state index contributed by atoms with van der Waals surface area (Å²) in [5.41, 5.74) is 1.24. The van der Waals surface area contributed by atoms with Gasteiger partial charge in [0.05, 0.1) is 17.8 Å². The topological polar surface area (TPSA) is 61.6 Å². The van der Waals surface area contributed by atoms with Gasteiger partial charge in [-0.2, -0.15) is 5.10 Å². The van der Waals surface area contributed by atoms with E-state index in [4.69, 9.17) is 0 Å². The highest BCUT2D eigenvalue weighted by atomic mass is 16.3. The molecular formula is C20H26N4O2. The third-order valence-electron chi connectivity index (χ3n) is 4.82. The Labute approximate surface area is 154 Å². The Bertz CT molecular complexity index is 771. The zero-order valence-corrected chi connectivity index (χ0v) is 15.4. The predicted molar refractivity (Wildman–Crippen MR) is 101 cm³/mol. The summed E-state index contributed by atoms with van der Waals surface area (Å²) in [6, 6.07) is 12.1. The Morgan fingerprint density at radius 3 is 2.81 bits per heavy atom. The van der Waals surface area contributed by atoms with E-state index in [1.165, 1.54) is 11.6 Å². The SMILES string of the molecule is CN(CC1(O)CCN(Cc2ccccc2)C1)C(=O)/C=C/c1ccnn1C. The van der Waals surface area contributed by atoms with Gasteiger partial charge >= 0.3 is 0 Å². The summed E-state index contributed by atoms with van der Waals surface area (Å²) < 4.78 is 1.70.